The van der Waals surface area contributed by atoms with Crippen molar-refractivity contribution in [3.8, 4) is 0 Å². The third-order valence-corrected chi connectivity index (χ3v) is 4.00. The van der Waals surface area contributed by atoms with Crippen molar-refractivity contribution in [2.75, 3.05) is 4.90 Å². The van der Waals surface area contributed by atoms with E-state index in [9.17, 15) is 9.59 Å². The number of benzene rings is 2. The van der Waals surface area contributed by atoms with E-state index in [2.05, 4.69) is 0 Å². The van der Waals surface area contributed by atoms with Gasteiger partial charge in [0.1, 0.15) is 0 Å². The van der Waals surface area contributed by atoms with Crippen LogP contribution in [0.1, 0.15) is 27.0 Å². The summed E-state index contributed by atoms with van der Waals surface area (Å²) in [5.74, 6) is -0.958. The molecule has 0 N–H and O–H groups in total. The molecule has 0 unspecified atom stereocenters. The number of rotatable bonds is 2. The van der Waals surface area contributed by atoms with Gasteiger partial charge in [0.25, 0.3) is 11.7 Å². The first-order chi connectivity index (χ1) is 9.97. The van der Waals surface area contributed by atoms with Crippen LogP contribution in [-0.4, -0.2) is 11.7 Å². The molecule has 106 valence electrons. The first-order valence-corrected chi connectivity index (χ1v) is 7.07. The monoisotopic (exact) mass is 299 g/mol. The van der Waals surface area contributed by atoms with Crippen LogP contribution in [-0.2, 0) is 11.3 Å². The lowest BCUT2D eigenvalue weighted by molar-refractivity contribution is -0.114. The number of aryl methyl sites for hydroxylation is 2. The predicted molar refractivity (Wildman–Crippen MR) is 82.9 cm³/mol. The van der Waals surface area contributed by atoms with Crippen LogP contribution >= 0.6 is 11.6 Å². The summed E-state index contributed by atoms with van der Waals surface area (Å²) in [6.07, 6.45) is 0. The van der Waals surface area contributed by atoms with E-state index in [0.29, 0.717) is 22.8 Å². The summed E-state index contributed by atoms with van der Waals surface area (Å²) >= 11 is 5.99. The lowest BCUT2D eigenvalue weighted by atomic mass is 10.1. The van der Waals surface area contributed by atoms with Crippen LogP contribution in [0.3, 0.4) is 0 Å². The Hall–Kier alpha value is -2.13. The molecule has 2 aromatic carbocycles. The van der Waals surface area contributed by atoms with Gasteiger partial charge >= 0.3 is 0 Å². The van der Waals surface area contributed by atoms with Crippen molar-refractivity contribution in [1.82, 2.24) is 0 Å². The van der Waals surface area contributed by atoms with Gasteiger partial charge in [-0.1, -0.05) is 35.4 Å². The summed E-state index contributed by atoms with van der Waals surface area (Å²) in [5, 5.41) is 0.516. The molecule has 0 aromatic heterocycles. The largest absolute Gasteiger partial charge is 0.300 e. The Labute approximate surface area is 128 Å². The summed E-state index contributed by atoms with van der Waals surface area (Å²) in [6.45, 7) is 4.38. The van der Waals surface area contributed by atoms with Gasteiger partial charge in [-0.25, -0.2) is 0 Å². The molecule has 2 aromatic rings. The third-order valence-electron chi connectivity index (χ3n) is 3.77. The molecule has 1 amide bonds. The molecule has 0 spiro atoms. The molecule has 0 bridgehead atoms. The first kappa shape index (κ1) is 13.8. The summed E-state index contributed by atoms with van der Waals surface area (Å²) in [5.41, 5.74) is 4.27. The number of carbonyl (C=O) groups is 2. The third kappa shape index (κ3) is 2.34. The fraction of sp³-hybridized carbons (Fsp3) is 0.176. The van der Waals surface area contributed by atoms with Gasteiger partial charge in [0.05, 0.1) is 17.8 Å². The molecule has 21 heavy (non-hydrogen) atoms. The second kappa shape index (κ2) is 5.01. The Balaban J connectivity index is 2.04. The van der Waals surface area contributed by atoms with Gasteiger partial charge in [0, 0.05) is 5.02 Å². The molecule has 1 aliphatic rings. The van der Waals surface area contributed by atoms with E-state index in [1.807, 2.05) is 32.0 Å². The number of anilines is 1. The maximum Gasteiger partial charge on any atom is 0.299 e. The van der Waals surface area contributed by atoms with Crippen LogP contribution in [0.25, 0.3) is 0 Å². The minimum atomic E-state index is -0.492. The number of Topliss-reactive ketones (excluding diaryl/α,β-unsaturated/α-hetero) is 1. The molecule has 0 saturated heterocycles. The van der Waals surface area contributed by atoms with E-state index in [1.54, 1.807) is 18.2 Å². The van der Waals surface area contributed by atoms with Crippen LogP contribution in [0.5, 0.6) is 0 Å². The van der Waals surface area contributed by atoms with Crippen LogP contribution in [0.4, 0.5) is 5.69 Å². The van der Waals surface area contributed by atoms with E-state index >= 15 is 0 Å². The summed E-state index contributed by atoms with van der Waals surface area (Å²) in [7, 11) is 0. The molecule has 3 rings (SSSR count). The molecule has 4 heteroatoms. The van der Waals surface area contributed by atoms with Crippen molar-refractivity contribution in [3.05, 3.63) is 63.7 Å². The zero-order valence-electron chi connectivity index (χ0n) is 11.8. The molecule has 1 heterocycles. The molecule has 3 nitrogen and oxygen atoms in total. The number of nitrogens with zero attached hydrogens (tertiary/aromatic N) is 1. The molecule has 0 fully saturated rings. The molecule has 0 atom stereocenters. The van der Waals surface area contributed by atoms with Crippen molar-refractivity contribution in [1.29, 1.82) is 0 Å². The van der Waals surface area contributed by atoms with Crippen LogP contribution in [0.15, 0.2) is 36.4 Å². The molecule has 1 aliphatic heterocycles. The van der Waals surface area contributed by atoms with E-state index in [4.69, 9.17) is 11.6 Å². The van der Waals surface area contributed by atoms with E-state index < -0.39 is 11.7 Å². The molecular formula is C17H14ClNO2. The maximum atomic E-state index is 12.2. The number of carbonyl (C=O) groups excluding carboxylic acids is 2. The van der Waals surface area contributed by atoms with Crippen LogP contribution in [0.2, 0.25) is 5.02 Å². The highest BCUT2D eigenvalue weighted by Crippen LogP contribution is 2.33. The number of hydrogen-bond donors (Lipinski definition) is 0. The lowest BCUT2D eigenvalue weighted by Gasteiger charge is -2.18. The zero-order valence-corrected chi connectivity index (χ0v) is 12.6. The standard InChI is InChI=1S/C17H14ClNO2/c1-10-3-4-11(2)12(7-10)9-19-15-8-13(18)5-6-14(15)16(20)17(19)21/h3-8H,9H2,1-2H3. The maximum absolute atomic E-state index is 12.2. The van der Waals surface area contributed by atoms with E-state index in [1.165, 1.54) is 4.90 Å². The number of halogens is 1. The SMILES string of the molecule is Cc1ccc(C)c(CN2C(=O)C(=O)c3ccc(Cl)cc32)c1. The fourth-order valence-electron chi connectivity index (χ4n) is 2.57. The van der Waals surface area contributed by atoms with Gasteiger partial charge < -0.3 is 4.90 Å². The Bertz CT molecular complexity index is 767. The predicted octanol–water partition coefficient (Wildman–Crippen LogP) is 3.69. The number of hydrogen-bond acceptors (Lipinski definition) is 2. The van der Waals surface area contributed by atoms with Gasteiger partial charge in [-0.15, -0.1) is 0 Å². The van der Waals surface area contributed by atoms with Crippen LogP contribution < -0.4 is 4.90 Å². The van der Waals surface area contributed by atoms with Gasteiger partial charge in [0.2, 0.25) is 0 Å². The van der Waals surface area contributed by atoms with Gasteiger partial charge in [-0.3, -0.25) is 9.59 Å². The molecular weight excluding hydrogens is 286 g/mol. The second-order valence-electron chi connectivity index (χ2n) is 5.31. The first-order valence-electron chi connectivity index (χ1n) is 6.69. The number of ketones is 1. The normalized spacial score (nSPS) is 13.8. The topological polar surface area (TPSA) is 37.4 Å². The highest BCUT2D eigenvalue weighted by Gasteiger charge is 2.35. The minimum absolute atomic E-state index is 0.380. The molecule has 0 radical (unpaired) electrons. The summed E-state index contributed by atoms with van der Waals surface area (Å²) < 4.78 is 0. The zero-order chi connectivity index (χ0) is 15.1. The van der Waals surface area contributed by atoms with E-state index in [0.717, 1.165) is 16.7 Å². The van der Waals surface area contributed by atoms with E-state index in [-0.39, 0.29) is 0 Å². The lowest BCUT2D eigenvalue weighted by Crippen LogP contribution is -2.29. The summed E-state index contributed by atoms with van der Waals surface area (Å²) in [4.78, 5) is 25.7. The highest BCUT2D eigenvalue weighted by molar-refractivity contribution is 6.52. The van der Waals surface area contributed by atoms with Crippen molar-refractivity contribution < 1.29 is 9.59 Å². The molecule has 0 saturated carbocycles. The summed E-state index contributed by atoms with van der Waals surface area (Å²) in [6, 6.07) is 11.0. The quantitative estimate of drug-likeness (QED) is 0.793. The highest BCUT2D eigenvalue weighted by atomic mass is 35.5. The van der Waals surface area contributed by atoms with Crippen molar-refractivity contribution in [2.24, 2.45) is 0 Å². The van der Waals surface area contributed by atoms with Gasteiger partial charge in [-0.05, 0) is 43.2 Å². The van der Waals surface area contributed by atoms with Crippen molar-refractivity contribution in [2.45, 2.75) is 20.4 Å². The molecule has 0 aliphatic carbocycles. The average molecular weight is 300 g/mol. The Morgan fingerprint density at radius 1 is 1.05 bits per heavy atom. The Morgan fingerprint density at radius 2 is 1.81 bits per heavy atom. The van der Waals surface area contributed by atoms with Crippen molar-refractivity contribution >= 4 is 29.0 Å². The average Bonchev–Trinajstić information content (AvgIpc) is 2.67. The Morgan fingerprint density at radius 3 is 2.57 bits per heavy atom. The van der Waals surface area contributed by atoms with Crippen molar-refractivity contribution in [3.63, 3.8) is 0 Å². The minimum Gasteiger partial charge on any atom is -0.300 e. The Kier molecular flexibility index (Phi) is 3.30. The fourth-order valence-corrected chi connectivity index (χ4v) is 2.73. The second-order valence-corrected chi connectivity index (χ2v) is 5.75. The number of amides is 1. The van der Waals surface area contributed by atoms with Crippen LogP contribution in [0, 0.1) is 13.8 Å². The number of fused-ring (bicyclic) bond motifs is 1. The van der Waals surface area contributed by atoms with Gasteiger partial charge in [-0.2, -0.15) is 0 Å². The van der Waals surface area contributed by atoms with Gasteiger partial charge in [0.15, 0.2) is 0 Å². The smallest absolute Gasteiger partial charge is 0.299 e.